The molecule has 82 valence electrons. The predicted octanol–water partition coefficient (Wildman–Crippen LogP) is 1.90. The Bertz CT molecular complexity index is 303. The van der Waals surface area contributed by atoms with Crippen LogP contribution in [0.4, 0.5) is 0 Å². The molecule has 1 aromatic carbocycles. The van der Waals surface area contributed by atoms with Crippen LogP contribution in [0.15, 0.2) is 30.3 Å². The van der Waals surface area contributed by atoms with E-state index in [4.69, 9.17) is 16.3 Å². The molecule has 0 aliphatic rings. The largest absolute Gasteiger partial charge is 0.365 e. The first-order valence-corrected chi connectivity index (χ1v) is 5.13. The van der Waals surface area contributed by atoms with E-state index in [1.165, 1.54) is 7.11 Å². The van der Waals surface area contributed by atoms with Crippen molar-refractivity contribution in [2.24, 2.45) is 0 Å². The Kier molecular flexibility index (Phi) is 5.15. The molecule has 1 atom stereocenters. The fourth-order valence-electron chi connectivity index (χ4n) is 1.10. The van der Waals surface area contributed by atoms with Crippen LogP contribution in [0.2, 0.25) is 0 Å². The second-order valence-corrected chi connectivity index (χ2v) is 3.60. The van der Waals surface area contributed by atoms with E-state index >= 15 is 0 Å². The number of carbonyl (C=O) groups excluding carboxylic acids is 1. The van der Waals surface area contributed by atoms with E-state index in [-0.39, 0.29) is 12.3 Å². The molecule has 1 rings (SSSR count). The van der Waals surface area contributed by atoms with E-state index in [2.05, 4.69) is 5.32 Å². The Labute approximate surface area is 94.4 Å². The van der Waals surface area contributed by atoms with Gasteiger partial charge in [0.25, 0.3) is 0 Å². The third kappa shape index (κ3) is 4.81. The lowest BCUT2D eigenvalue weighted by atomic mass is 10.2. The van der Waals surface area contributed by atoms with Gasteiger partial charge in [-0.25, -0.2) is 0 Å². The van der Waals surface area contributed by atoms with Gasteiger partial charge in [0.1, 0.15) is 5.56 Å². The third-order valence-electron chi connectivity index (χ3n) is 1.93. The molecule has 1 unspecified atom stereocenters. The monoisotopic (exact) mass is 227 g/mol. The highest BCUT2D eigenvalue weighted by molar-refractivity contribution is 6.20. The van der Waals surface area contributed by atoms with Crippen molar-refractivity contribution < 1.29 is 9.53 Å². The summed E-state index contributed by atoms with van der Waals surface area (Å²) in [6, 6.07) is 9.70. The summed E-state index contributed by atoms with van der Waals surface area (Å²) in [5, 5.41) is 2.76. The summed E-state index contributed by atoms with van der Waals surface area (Å²) < 4.78 is 4.78. The van der Waals surface area contributed by atoms with Gasteiger partial charge in [-0.1, -0.05) is 41.9 Å². The number of hydrogen-bond acceptors (Lipinski definition) is 2. The number of benzene rings is 1. The maximum Gasteiger partial charge on any atom is 0.224 e. The topological polar surface area (TPSA) is 38.3 Å². The number of nitrogens with one attached hydrogen (secondary N) is 1. The highest BCUT2D eigenvalue weighted by Crippen LogP contribution is 2.02. The highest BCUT2D eigenvalue weighted by Gasteiger charge is 2.08. The third-order valence-corrected chi connectivity index (χ3v) is 2.27. The quantitative estimate of drug-likeness (QED) is 0.781. The fourth-order valence-corrected chi connectivity index (χ4v) is 1.24. The minimum atomic E-state index is -0.555. The van der Waals surface area contributed by atoms with Crippen molar-refractivity contribution in [3.05, 3.63) is 35.9 Å². The Morgan fingerprint density at radius 2 is 2.13 bits per heavy atom. The van der Waals surface area contributed by atoms with Gasteiger partial charge in [0, 0.05) is 13.7 Å². The molecule has 0 saturated heterocycles. The number of carbonyl (C=O) groups is 1. The van der Waals surface area contributed by atoms with Crippen LogP contribution in [0.3, 0.4) is 0 Å². The Morgan fingerprint density at radius 3 is 2.73 bits per heavy atom. The molecule has 0 bridgehead atoms. The van der Waals surface area contributed by atoms with Crippen molar-refractivity contribution in [2.75, 3.05) is 7.11 Å². The van der Waals surface area contributed by atoms with Gasteiger partial charge >= 0.3 is 0 Å². The number of halogens is 1. The summed E-state index contributed by atoms with van der Waals surface area (Å²) >= 11 is 5.66. The molecular weight excluding hydrogens is 214 g/mol. The van der Waals surface area contributed by atoms with Crippen LogP contribution in [0.25, 0.3) is 0 Å². The van der Waals surface area contributed by atoms with Gasteiger partial charge in [-0.2, -0.15) is 0 Å². The second-order valence-electron chi connectivity index (χ2n) is 3.11. The molecule has 0 aliphatic heterocycles. The predicted molar refractivity (Wildman–Crippen MR) is 59.6 cm³/mol. The van der Waals surface area contributed by atoms with E-state index in [0.29, 0.717) is 6.54 Å². The van der Waals surface area contributed by atoms with Crippen molar-refractivity contribution in [1.82, 2.24) is 5.32 Å². The van der Waals surface area contributed by atoms with Gasteiger partial charge in [-0.3, -0.25) is 4.79 Å². The second kappa shape index (κ2) is 6.43. The van der Waals surface area contributed by atoms with E-state index in [1.807, 2.05) is 30.3 Å². The van der Waals surface area contributed by atoms with Crippen molar-refractivity contribution >= 4 is 17.5 Å². The first-order chi connectivity index (χ1) is 7.22. The molecule has 0 radical (unpaired) electrons. The number of alkyl halides is 1. The van der Waals surface area contributed by atoms with Crippen LogP contribution in [-0.4, -0.2) is 18.6 Å². The minimum absolute atomic E-state index is 0.110. The van der Waals surface area contributed by atoms with Crippen molar-refractivity contribution in [3.63, 3.8) is 0 Å². The average molecular weight is 228 g/mol. The van der Waals surface area contributed by atoms with Crippen LogP contribution < -0.4 is 5.32 Å². The molecule has 0 aromatic heterocycles. The fraction of sp³-hybridized carbons (Fsp3) is 0.364. The molecule has 0 aliphatic carbocycles. The summed E-state index contributed by atoms with van der Waals surface area (Å²) in [5.41, 5.74) is 0.509. The van der Waals surface area contributed by atoms with Gasteiger partial charge in [-0.15, -0.1) is 0 Å². The zero-order chi connectivity index (χ0) is 11.1. The maximum absolute atomic E-state index is 11.3. The SMILES string of the molecule is COC(Cl)CC(=O)NCc1ccccc1. The van der Waals surface area contributed by atoms with Crippen LogP contribution in [0.5, 0.6) is 0 Å². The smallest absolute Gasteiger partial charge is 0.224 e. The Morgan fingerprint density at radius 1 is 1.47 bits per heavy atom. The standard InChI is InChI=1S/C11H14ClNO2/c1-15-10(12)7-11(14)13-8-9-5-3-2-4-6-9/h2-6,10H,7-8H2,1H3,(H,13,14). The molecule has 0 spiro atoms. The van der Waals surface area contributed by atoms with E-state index in [0.717, 1.165) is 5.56 Å². The summed E-state index contributed by atoms with van der Waals surface area (Å²) in [5.74, 6) is -0.110. The van der Waals surface area contributed by atoms with Crippen LogP contribution in [0, 0.1) is 0 Å². The van der Waals surface area contributed by atoms with Gasteiger partial charge in [0.15, 0.2) is 0 Å². The van der Waals surface area contributed by atoms with Crippen molar-refractivity contribution in [1.29, 1.82) is 0 Å². The highest BCUT2D eigenvalue weighted by atomic mass is 35.5. The lowest BCUT2D eigenvalue weighted by molar-refractivity contribution is -0.122. The first kappa shape index (κ1) is 12.0. The molecule has 4 heteroatoms. The number of ether oxygens (including phenoxy) is 1. The zero-order valence-corrected chi connectivity index (χ0v) is 9.33. The maximum atomic E-state index is 11.3. The average Bonchev–Trinajstić information content (AvgIpc) is 2.27. The molecule has 0 heterocycles. The summed E-state index contributed by atoms with van der Waals surface area (Å²) in [4.78, 5) is 11.3. The molecule has 15 heavy (non-hydrogen) atoms. The van der Waals surface area contributed by atoms with Gasteiger partial charge < -0.3 is 10.1 Å². The van der Waals surface area contributed by atoms with Crippen LogP contribution in [-0.2, 0) is 16.1 Å². The zero-order valence-electron chi connectivity index (χ0n) is 8.57. The summed E-state index contributed by atoms with van der Waals surface area (Å²) in [6.07, 6.45) is 0.172. The van der Waals surface area contributed by atoms with E-state index in [1.54, 1.807) is 0 Å². The minimum Gasteiger partial charge on any atom is -0.365 e. The van der Waals surface area contributed by atoms with Crippen molar-refractivity contribution in [3.8, 4) is 0 Å². The number of amides is 1. The number of methoxy groups -OCH3 is 1. The van der Waals surface area contributed by atoms with Gasteiger partial charge in [0.2, 0.25) is 5.91 Å². The lowest BCUT2D eigenvalue weighted by Crippen LogP contribution is -2.25. The first-order valence-electron chi connectivity index (χ1n) is 4.70. The van der Waals surface area contributed by atoms with Crippen LogP contribution in [0.1, 0.15) is 12.0 Å². The molecule has 3 nitrogen and oxygen atoms in total. The normalized spacial score (nSPS) is 12.1. The number of rotatable bonds is 5. The molecule has 1 aromatic rings. The molecule has 1 N–H and O–H groups in total. The number of hydrogen-bond donors (Lipinski definition) is 1. The molecule has 0 fully saturated rings. The molecule has 1 amide bonds. The van der Waals surface area contributed by atoms with Crippen molar-refractivity contribution in [2.45, 2.75) is 18.5 Å². The molecule has 0 saturated carbocycles. The van der Waals surface area contributed by atoms with E-state index < -0.39 is 5.56 Å². The molecular formula is C11H14ClNO2. The van der Waals surface area contributed by atoms with Gasteiger partial charge in [0.05, 0.1) is 6.42 Å². The van der Waals surface area contributed by atoms with E-state index in [9.17, 15) is 4.79 Å². The summed E-state index contributed by atoms with van der Waals surface area (Å²) in [7, 11) is 1.47. The Hall–Kier alpha value is -1.06. The Balaban J connectivity index is 2.29. The van der Waals surface area contributed by atoms with Gasteiger partial charge in [-0.05, 0) is 5.56 Å². The lowest BCUT2D eigenvalue weighted by Gasteiger charge is -2.08. The summed E-state index contributed by atoms with van der Waals surface area (Å²) in [6.45, 7) is 0.521. The van der Waals surface area contributed by atoms with Crippen LogP contribution >= 0.6 is 11.6 Å².